The van der Waals surface area contributed by atoms with E-state index in [4.69, 9.17) is 9.47 Å². The second-order valence-corrected chi connectivity index (χ2v) is 7.84. The number of hydrogen-bond acceptors (Lipinski definition) is 7. The molecule has 30 heavy (non-hydrogen) atoms. The number of aromatic nitrogens is 3. The van der Waals surface area contributed by atoms with Gasteiger partial charge in [0.1, 0.15) is 17.8 Å². The highest BCUT2D eigenvalue weighted by Gasteiger charge is 2.11. The summed E-state index contributed by atoms with van der Waals surface area (Å²) in [5, 5.41) is 12.8. The van der Waals surface area contributed by atoms with Crippen molar-refractivity contribution in [1.29, 1.82) is 0 Å². The first kappa shape index (κ1) is 21.8. The molecule has 8 nitrogen and oxygen atoms in total. The number of nitrogens with zero attached hydrogens (tertiary/aromatic N) is 4. The Kier molecular flexibility index (Phi) is 7.47. The third-order valence-corrected chi connectivity index (χ3v) is 6.08. The third kappa shape index (κ3) is 5.19. The van der Waals surface area contributed by atoms with Crippen molar-refractivity contribution in [2.45, 2.75) is 10.9 Å². The predicted molar refractivity (Wildman–Crippen MR) is 119 cm³/mol. The minimum atomic E-state index is -0.309. The Balaban J connectivity index is 1.62. The van der Waals surface area contributed by atoms with Crippen LogP contribution in [0.2, 0.25) is 0 Å². The van der Waals surface area contributed by atoms with Gasteiger partial charge in [-0.25, -0.2) is 5.43 Å². The van der Waals surface area contributed by atoms with Gasteiger partial charge in [-0.3, -0.25) is 4.79 Å². The molecule has 0 saturated carbocycles. The zero-order chi connectivity index (χ0) is 21.5. The Morgan fingerprint density at radius 2 is 1.90 bits per heavy atom. The van der Waals surface area contributed by atoms with E-state index in [0.29, 0.717) is 27.1 Å². The highest BCUT2D eigenvalue weighted by Crippen LogP contribution is 2.33. The molecule has 3 aromatic rings. The number of aryl methyl sites for hydroxylation is 1. The van der Waals surface area contributed by atoms with E-state index in [0.717, 1.165) is 16.5 Å². The van der Waals surface area contributed by atoms with E-state index in [1.54, 1.807) is 56.6 Å². The van der Waals surface area contributed by atoms with Gasteiger partial charge in [-0.1, -0.05) is 23.9 Å². The Morgan fingerprint density at radius 1 is 1.20 bits per heavy atom. The molecule has 0 spiro atoms. The largest absolute Gasteiger partial charge is 0.496 e. The summed E-state index contributed by atoms with van der Waals surface area (Å²) in [7, 11) is 5.04. The second-order valence-electron chi connectivity index (χ2n) is 6.11. The molecule has 10 heteroatoms. The predicted octanol–water partition coefficient (Wildman–Crippen LogP) is 3.65. The minimum absolute atomic E-state index is 0.309. The average Bonchev–Trinajstić information content (AvgIpc) is 3.18. The summed E-state index contributed by atoms with van der Waals surface area (Å²) < 4.78 is 13.2. The van der Waals surface area contributed by atoms with Crippen molar-refractivity contribution in [3.63, 3.8) is 0 Å². The van der Waals surface area contributed by atoms with Gasteiger partial charge in [-0.05, 0) is 45.8 Å². The first-order valence-electron chi connectivity index (χ1n) is 8.83. The van der Waals surface area contributed by atoms with E-state index in [1.165, 1.54) is 6.21 Å². The van der Waals surface area contributed by atoms with Gasteiger partial charge >= 0.3 is 0 Å². The number of ether oxygens (including phenoxy) is 2. The monoisotopic (exact) mass is 489 g/mol. The minimum Gasteiger partial charge on any atom is -0.496 e. The van der Waals surface area contributed by atoms with Crippen LogP contribution in [0, 0.1) is 0 Å². The smallest absolute Gasteiger partial charge is 0.271 e. The molecule has 3 rings (SSSR count). The Bertz CT molecular complexity index is 1050. The van der Waals surface area contributed by atoms with Crippen LogP contribution in [0.3, 0.4) is 0 Å². The number of hydrogen-bond donors (Lipinski definition) is 1. The molecule has 0 bridgehead atoms. The van der Waals surface area contributed by atoms with E-state index in [2.05, 4.69) is 36.7 Å². The molecule has 0 fully saturated rings. The number of benzene rings is 2. The fourth-order valence-corrected chi connectivity index (χ4v) is 3.97. The highest BCUT2D eigenvalue weighted by molar-refractivity contribution is 9.10. The van der Waals surface area contributed by atoms with Crippen molar-refractivity contribution in [1.82, 2.24) is 20.2 Å². The van der Waals surface area contributed by atoms with Crippen LogP contribution in [0.5, 0.6) is 11.5 Å². The average molecular weight is 490 g/mol. The molecule has 0 aliphatic carbocycles. The van der Waals surface area contributed by atoms with Crippen molar-refractivity contribution in [2.24, 2.45) is 12.1 Å². The van der Waals surface area contributed by atoms with Gasteiger partial charge in [0.05, 0.1) is 30.5 Å². The normalized spacial score (nSPS) is 10.9. The number of amides is 1. The van der Waals surface area contributed by atoms with E-state index >= 15 is 0 Å². The van der Waals surface area contributed by atoms with Crippen LogP contribution in [-0.4, -0.2) is 41.1 Å². The lowest BCUT2D eigenvalue weighted by Crippen LogP contribution is -2.17. The number of methoxy groups -OCH3 is 2. The van der Waals surface area contributed by atoms with Crippen molar-refractivity contribution in [3.05, 3.63) is 63.9 Å². The maximum absolute atomic E-state index is 12.4. The lowest BCUT2D eigenvalue weighted by atomic mass is 10.1. The number of thioether (sulfide) groups is 1. The van der Waals surface area contributed by atoms with Gasteiger partial charge in [-0.2, -0.15) is 5.10 Å². The molecule has 0 radical (unpaired) electrons. The number of halogens is 1. The summed E-state index contributed by atoms with van der Waals surface area (Å²) in [4.78, 5) is 12.4. The standard InChI is InChI=1S/C20H20BrN5O3S/c1-26-12-23-25-20(26)30-11-13-4-6-14(7-5-13)19(27)24-22-10-15-16(28-2)8-9-17(29-3)18(15)21/h4-10,12H,11H2,1-3H3,(H,24,27). The summed E-state index contributed by atoms with van der Waals surface area (Å²) in [6.45, 7) is 0. The summed E-state index contributed by atoms with van der Waals surface area (Å²) in [6.07, 6.45) is 3.17. The fourth-order valence-electron chi connectivity index (χ4n) is 2.53. The van der Waals surface area contributed by atoms with E-state index in [9.17, 15) is 4.79 Å². The van der Waals surface area contributed by atoms with Crippen molar-refractivity contribution in [2.75, 3.05) is 14.2 Å². The molecule has 0 aliphatic rings. The van der Waals surface area contributed by atoms with Gasteiger partial charge in [0.15, 0.2) is 5.16 Å². The number of hydrazone groups is 1. The molecule has 1 amide bonds. The molecule has 0 saturated heterocycles. The van der Waals surface area contributed by atoms with Crippen LogP contribution >= 0.6 is 27.7 Å². The van der Waals surface area contributed by atoms with Crippen LogP contribution in [0.25, 0.3) is 0 Å². The fraction of sp³-hybridized carbons (Fsp3) is 0.200. The molecular formula is C20H20BrN5O3S. The first-order valence-corrected chi connectivity index (χ1v) is 10.6. The molecular weight excluding hydrogens is 470 g/mol. The summed E-state index contributed by atoms with van der Waals surface area (Å²) >= 11 is 5.04. The van der Waals surface area contributed by atoms with Crippen LogP contribution in [0.15, 0.2) is 57.5 Å². The van der Waals surface area contributed by atoms with Crippen LogP contribution < -0.4 is 14.9 Å². The highest BCUT2D eigenvalue weighted by atomic mass is 79.9. The molecule has 1 aromatic heterocycles. The Hall–Kier alpha value is -2.85. The Morgan fingerprint density at radius 3 is 2.53 bits per heavy atom. The molecule has 156 valence electrons. The molecule has 2 aromatic carbocycles. The van der Waals surface area contributed by atoms with Crippen molar-refractivity contribution in [3.8, 4) is 11.5 Å². The summed E-state index contributed by atoms with van der Waals surface area (Å²) in [5.74, 6) is 1.66. The molecule has 0 aliphatic heterocycles. The number of rotatable bonds is 8. The maximum atomic E-state index is 12.4. The van der Waals surface area contributed by atoms with E-state index in [1.807, 2.05) is 23.7 Å². The van der Waals surface area contributed by atoms with E-state index in [-0.39, 0.29) is 5.91 Å². The Labute approximate surface area is 186 Å². The zero-order valence-corrected chi connectivity index (χ0v) is 19.0. The topological polar surface area (TPSA) is 90.6 Å². The molecule has 0 unspecified atom stereocenters. The second kappa shape index (κ2) is 10.3. The van der Waals surface area contributed by atoms with Gasteiger partial charge < -0.3 is 14.0 Å². The van der Waals surface area contributed by atoms with Gasteiger partial charge in [-0.15, -0.1) is 10.2 Å². The maximum Gasteiger partial charge on any atom is 0.271 e. The molecule has 1 N–H and O–H groups in total. The zero-order valence-electron chi connectivity index (χ0n) is 16.6. The molecule has 0 atom stereocenters. The van der Waals surface area contributed by atoms with Crippen LogP contribution in [-0.2, 0) is 12.8 Å². The van der Waals surface area contributed by atoms with Crippen LogP contribution in [0.4, 0.5) is 0 Å². The SMILES string of the molecule is COc1ccc(OC)c(C=NNC(=O)c2ccc(CSc3nncn3C)cc2)c1Br. The van der Waals surface area contributed by atoms with Gasteiger partial charge in [0.25, 0.3) is 5.91 Å². The quantitative estimate of drug-likeness (QED) is 0.295. The lowest BCUT2D eigenvalue weighted by Gasteiger charge is -2.10. The van der Waals surface area contributed by atoms with Crippen molar-refractivity contribution >= 4 is 39.8 Å². The lowest BCUT2D eigenvalue weighted by molar-refractivity contribution is 0.0955. The van der Waals surface area contributed by atoms with Gasteiger partial charge in [0, 0.05) is 18.4 Å². The third-order valence-electron chi connectivity index (χ3n) is 4.16. The summed E-state index contributed by atoms with van der Waals surface area (Å²) in [6, 6.07) is 10.9. The number of nitrogens with one attached hydrogen (secondary N) is 1. The van der Waals surface area contributed by atoms with Crippen molar-refractivity contribution < 1.29 is 14.3 Å². The van der Waals surface area contributed by atoms with E-state index < -0.39 is 0 Å². The van der Waals surface area contributed by atoms with Gasteiger partial charge in [0.2, 0.25) is 0 Å². The first-order chi connectivity index (χ1) is 14.5. The van der Waals surface area contributed by atoms with Crippen LogP contribution in [0.1, 0.15) is 21.5 Å². The summed E-state index contributed by atoms with van der Waals surface area (Å²) in [5.41, 5.74) is 4.78. The number of carbonyl (C=O) groups is 1. The number of carbonyl (C=O) groups excluding carboxylic acids is 1. The molecule has 1 heterocycles.